The van der Waals surface area contributed by atoms with Gasteiger partial charge in [0.15, 0.2) is 11.2 Å². The third kappa shape index (κ3) is 4.66. The molecule has 0 aliphatic heterocycles. The van der Waals surface area contributed by atoms with Crippen LogP contribution in [0.5, 0.6) is 23.0 Å². The van der Waals surface area contributed by atoms with Gasteiger partial charge in [0.2, 0.25) is 11.2 Å². The molecule has 6 rings (SSSR count). The Morgan fingerprint density at radius 2 is 1.26 bits per heavy atom. The van der Waals surface area contributed by atoms with Crippen LogP contribution in [0.2, 0.25) is 0 Å². The SMILES string of the molecule is O=c1c(O)c(-c2ccc(O)cc2)oc2cc(O)cc(O)c12.O=c1cc(-c2ccccc2)oc2ccccc12. The van der Waals surface area contributed by atoms with Crippen molar-refractivity contribution in [2.75, 3.05) is 0 Å². The minimum Gasteiger partial charge on any atom is -0.508 e. The van der Waals surface area contributed by atoms with E-state index in [4.69, 9.17) is 8.83 Å². The fraction of sp³-hybridized carbons (Fsp3) is 0. The van der Waals surface area contributed by atoms with E-state index in [1.807, 2.05) is 48.5 Å². The lowest BCUT2D eigenvalue weighted by atomic mass is 10.1. The van der Waals surface area contributed by atoms with Crippen LogP contribution in [-0.2, 0) is 0 Å². The summed E-state index contributed by atoms with van der Waals surface area (Å²) >= 11 is 0. The van der Waals surface area contributed by atoms with Crippen molar-refractivity contribution in [3.05, 3.63) is 118 Å². The maximum Gasteiger partial charge on any atom is 0.238 e. The topological polar surface area (TPSA) is 141 Å². The second kappa shape index (κ2) is 9.87. The standard InChI is InChI=1S/C15H10O6.C15H10O2/c16-8-3-1-7(2-4-8)15-14(20)13(19)12-10(18)5-9(17)6-11(12)21-15;16-13-10-15(11-6-2-1-3-7-11)17-14-9-5-4-8-12(13)14/h1-6,16-18,20H;1-10H. The first kappa shape index (κ1) is 24.2. The molecule has 8 heteroatoms. The summed E-state index contributed by atoms with van der Waals surface area (Å²) in [5.41, 5.74) is 1.03. The maximum atomic E-state index is 12.1. The van der Waals surface area contributed by atoms with Crippen LogP contribution in [0.25, 0.3) is 44.6 Å². The van der Waals surface area contributed by atoms with E-state index in [1.54, 1.807) is 6.07 Å². The van der Waals surface area contributed by atoms with Crippen molar-refractivity contribution in [3.63, 3.8) is 0 Å². The lowest BCUT2D eigenvalue weighted by molar-refractivity contribution is 0.438. The van der Waals surface area contributed by atoms with Crippen LogP contribution in [-0.4, -0.2) is 20.4 Å². The van der Waals surface area contributed by atoms with Crippen LogP contribution in [0.3, 0.4) is 0 Å². The molecule has 0 aliphatic rings. The van der Waals surface area contributed by atoms with Crippen molar-refractivity contribution in [2.24, 2.45) is 0 Å². The predicted molar refractivity (Wildman–Crippen MR) is 142 cm³/mol. The molecule has 4 aromatic carbocycles. The van der Waals surface area contributed by atoms with Gasteiger partial charge >= 0.3 is 0 Å². The minimum atomic E-state index is -0.808. The molecule has 4 N–H and O–H groups in total. The van der Waals surface area contributed by atoms with Crippen molar-refractivity contribution in [2.45, 2.75) is 0 Å². The van der Waals surface area contributed by atoms with Gasteiger partial charge in [-0.2, -0.15) is 0 Å². The van der Waals surface area contributed by atoms with Crippen LogP contribution in [0.15, 0.2) is 115 Å². The fourth-order valence-corrected chi connectivity index (χ4v) is 3.93. The van der Waals surface area contributed by atoms with Crippen LogP contribution in [0.4, 0.5) is 0 Å². The first-order chi connectivity index (χ1) is 18.3. The van der Waals surface area contributed by atoms with Crippen molar-refractivity contribution >= 4 is 21.9 Å². The molecule has 0 saturated heterocycles. The van der Waals surface area contributed by atoms with E-state index in [0.29, 0.717) is 22.3 Å². The average Bonchev–Trinajstić information content (AvgIpc) is 2.92. The first-order valence-electron chi connectivity index (χ1n) is 11.4. The Hall–Kier alpha value is -5.50. The molecule has 6 aromatic rings. The van der Waals surface area contributed by atoms with E-state index in [0.717, 1.165) is 11.6 Å². The van der Waals surface area contributed by atoms with Crippen LogP contribution < -0.4 is 10.9 Å². The number of para-hydroxylation sites is 1. The Morgan fingerprint density at radius 1 is 0.579 bits per heavy atom. The Bertz CT molecular complexity index is 1890. The van der Waals surface area contributed by atoms with E-state index in [-0.39, 0.29) is 33.7 Å². The van der Waals surface area contributed by atoms with Crippen LogP contribution in [0.1, 0.15) is 0 Å². The molecule has 2 aromatic heterocycles. The Morgan fingerprint density at radius 3 is 2.00 bits per heavy atom. The summed E-state index contributed by atoms with van der Waals surface area (Å²) in [6.07, 6.45) is 0. The van der Waals surface area contributed by atoms with E-state index in [2.05, 4.69) is 0 Å². The second-order valence-electron chi connectivity index (χ2n) is 8.33. The van der Waals surface area contributed by atoms with Gasteiger partial charge in [-0.05, 0) is 36.4 Å². The number of phenolic OH excluding ortho intramolecular Hbond substituents is 3. The highest BCUT2D eigenvalue weighted by Gasteiger charge is 2.18. The van der Waals surface area contributed by atoms with Gasteiger partial charge in [0.25, 0.3) is 0 Å². The monoisotopic (exact) mass is 508 g/mol. The molecule has 0 bridgehead atoms. The second-order valence-corrected chi connectivity index (χ2v) is 8.33. The summed E-state index contributed by atoms with van der Waals surface area (Å²) in [6, 6.07) is 26.3. The molecule has 2 heterocycles. The molecule has 8 nitrogen and oxygen atoms in total. The Kier molecular flexibility index (Phi) is 6.28. The van der Waals surface area contributed by atoms with Gasteiger partial charge in [-0.3, -0.25) is 9.59 Å². The molecular formula is C30H20O8. The molecule has 0 fully saturated rings. The molecule has 0 unspecified atom stereocenters. The molecule has 38 heavy (non-hydrogen) atoms. The zero-order valence-electron chi connectivity index (χ0n) is 19.7. The highest BCUT2D eigenvalue weighted by Crippen LogP contribution is 2.35. The first-order valence-corrected chi connectivity index (χ1v) is 11.4. The fourth-order valence-electron chi connectivity index (χ4n) is 3.93. The molecule has 0 spiro atoms. The molecule has 0 radical (unpaired) electrons. The number of aromatic hydroxyl groups is 4. The molecule has 0 saturated carbocycles. The largest absolute Gasteiger partial charge is 0.508 e. The molecular weight excluding hydrogens is 488 g/mol. The van der Waals surface area contributed by atoms with Crippen LogP contribution >= 0.6 is 0 Å². The van der Waals surface area contributed by atoms with Gasteiger partial charge in [0.1, 0.15) is 39.6 Å². The van der Waals surface area contributed by atoms with Gasteiger partial charge in [-0.1, -0.05) is 42.5 Å². The summed E-state index contributed by atoms with van der Waals surface area (Å²) in [6.45, 7) is 0. The minimum absolute atomic E-state index is 0.00861. The average molecular weight is 508 g/mol. The molecule has 188 valence electrons. The quantitative estimate of drug-likeness (QED) is 0.232. The predicted octanol–water partition coefficient (Wildman–Crippen LogP) is 5.74. The maximum absolute atomic E-state index is 12.1. The van der Waals surface area contributed by atoms with Crippen molar-refractivity contribution in [1.82, 2.24) is 0 Å². The van der Waals surface area contributed by atoms with Crippen molar-refractivity contribution < 1.29 is 29.3 Å². The Balaban J connectivity index is 0.000000158. The zero-order chi connectivity index (χ0) is 26.8. The summed E-state index contributed by atoms with van der Waals surface area (Å²) < 4.78 is 11.1. The van der Waals surface area contributed by atoms with E-state index in [9.17, 15) is 30.0 Å². The number of hydrogen-bond donors (Lipinski definition) is 4. The summed E-state index contributed by atoms with van der Waals surface area (Å²) in [5.74, 6) is -0.894. The zero-order valence-corrected chi connectivity index (χ0v) is 19.7. The molecule has 0 atom stereocenters. The number of hydrogen-bond acceptors (Lipinski definition) is 8. The van der Waals surface area contributed by atoms with Gasteiger partial charge in [0.05, 0.1) is 5.39 Å². The van der Waals surface area contributed by atoms with E-state index < -0.39 is 16.9 Å². The number of fused-ring (bicyclic) bond motifs is 2. The lowest BCUT2D eigenvalue weighted by Gasteiger charge is -2.07. The third-order valence-electron chi connectivity index (χ3n) is 5.76. The highest BCUT2D eigenvalue weighted by molar-refractivity contribution is 5.88. The smallest absolute Gasteiger partial charge is 0.238 e. The summed E-state index contributed by atoms with van der Waals surface area (Å²) in [5, 5.41) is 38.8. The van der Waals surface area contributed by atoms with Crippen molar-refractivity contribution in [3.8, 4) is 45.6 Å². The molecule has 0 amide bonds. The summed E-state index contributed by atoms with van der Waals surface area (Å²) in [7, 11) is 0. The van der Waals surface area contributed by atoms with Gasteiger partial charge in [-0.25, -0.2) is 0 Å². The van der Waals surface area contributed by atoms with Gasteiger partial charge in [-0.15, -0.1) is 0 Å². The third-order valence-corrected chi connectivity index (χ3v) is 5.76. The number of rotatable bonds is 2. The lowest BCUT2D eigenvalue weighted by Crippen LogP contribution is -2.02. The van der Waals surface area contributed by atoms with E-state index >= 15 is 0 Å². The number of benzene rings is 4. The normalized spacial score (nSPS) is 10.7. The number of phenols is 3. The van der Waals surface area contributed by atoms with Gasteiger partial charge in [0, 0.05) is 29.3 Å². The summed E-state index contributed by atoms with van der Waals surface area (Å²) in [4.78, 5) is 24.0. The van der Waals surface area contributed by atoms with Gasteiger partial charge < -0.3 is 29.3 Å². The van der Waals surface area contributed by atoms with Crippen molar-refractivity contribution in [1.29, 1.82) is 0 Å². The molecule has 0 aliphatic carbocycles. The highest BCUT2D eigenvalue weighted by atomic mass is 16.4. The Labute approximate surface area is 214 Å². The van der Waals surface area contributed by atoms with Crippen LogP contribution in [0, 0.1) is 0 Å². The van der Waals surface area contributed by atoms with E-state index in [1.165, 1.54) is 36.4 Å².